The highest BCUT2D eigenvalue weighted by atomic mass is 79.9. The number of fused-ring (bicyclic) bond motifs is 1. The van der Waals surface area contributed by atoms with Crippen LogP contribution in [0.25, 0.3) is 11.0 Å². The van der Waals surface area contributed by atoms with Crippen LogP contribution in [0.5, 0.6) is 0 Å². The van der Waals surface area contributed by atoms with Gasteiger partial charge in [-0.25, -0.2) is 0 Å². The largest absolute Gasteiger partial charge is 0.451 e. The molecule has 1 saturated heterocycles. The standard InChI is InChI=1S/C15H17BrN2O2/c1-10-12-9-11(16)3-4-13(12)20-14(10)15(19)18-7-2-5-17-6-8-18/h3-4,9,17H,2,5-8H2,1H3. The molecule has 5 heteroatoms. The molecule has 1 aliphatic heterocycles. The second-order valence-electron chi connectivity index (χ2n) is 5.09. The average Bonchev–Trinajstić information content (AvgIpc) is 2.66. The van der Waals surface area contributed by atoms with Crippen molar-refractivity contribution in [2.45, 2.75) is 13.3 Å². The maximum Gasteiger partial charge on any atom is 0.289 e. The fourth-order valence-electron chi connectivity index (χ4n) is 2.59. The van der Waals surface area contributed by atoms with Crippen molar-refractivity contribution < 1.29 is 9.21 Å². The first-order valence-corrected chi connectivity index (χ1v) is 7.65. The summed E-state index contributed by atoms with van der Waals surface area (Å²) in [7, 11) is 0. The van der Waals surface area contributed by atoms with E-state index in [-0.39, 0.29) is 5.91 Å². The Morgan fingerprint density at radius 2 is 2.20 bits per heavy atom. The minimum absolute atomic E-state index is 0.00137. The fourth-order valence-corrected chi connectivity index (χ4v) is 2.95. The number of carbonyl (C=O) groups is 1. The first-order valence-electron chi connectivity index (χ1n) is 6.85. The van der Waals surface area contributed by atoms with Crippen molar-refractivity contribution in [3.8, 4) is 0 Å². The summed E-state index contributed by atoms with van der Waals surface area (Å²) in [5, 5.41) is 4.30. The summed E-state index contributed by atoms with van der Waals surface area (Å²) in [5.41, 5.74) is 1.69. The van der Waals surface area contributed by atoms with E-state index in [4.69, 9.17) is 4.42 Å². The molecule has 1 aliphatic rings. The van der Waals surface area contributed by atoms with Gasteiger partial charge in [0.2, 0.25) is 0 Å². The molecule has 0 atom stereocenters. The Bertz CT molecular complexity index is 643. The highest BCUT2D eigenvalue weighted by Crippen LogP contribution is 2.28. The lowest BCUT2D eigenvalue weighted by Crippen LogP contribution is -2.34. The lowest BCUT2D eigenvalue weighted by Gasteiger charge is -2.18. The van der Waals surface area contributed by atoms with Crippen molar-refractivity contribution in [3.05, 3.63) is 34.0 Å². The van der Waals surface area contributed by atoms with Gasteiger partial charge in [-0.05, 0) is 38.1 Å². The van der Waals surface area contributed by atoms with E-state index < -0.39 is 0 Å². The summed E-state index contributed by atoms with van der Waals surface area (Å²) in [6.07, 6.45) is 0.983. The van der Waals surface area contributed by atoms with Crippen LogP contribution in [0.2, 0.25) is 0 Å². The van der Waals surface area contributed by atoms with Crippen LogP contribution < -0.4 is 5.32 Å². The van der Waals surface area contributed by atoms with Crippen LogP contribution in [-0.2, 0) is 0 Å². The topological polar surface area (TPSA) is 45.5 Å². The number of benzene rings is 1. The predicted octanol–water partition coefficient (Wildman–Crippen LogP) is 2.94. The number of aryl methyl sites for hydroxylation is 1. The molecule has 1 amide bonds. The van der Waals surface area contributed by atoms with E-state index in [2.05, 4.69) is 21.2 Å². The van der Waals surface area contributed by atoms with Gasteiger partial charge in [0.1, 0.15) is 5.58 Å². The van der Waals surface area contributed by atoms with Gasteiger partial charge in [-0.15, -0.1) is 0 Å². The molecule has 106 valence electrons. The van der Waals surface area contributed by atoms with Gasteiger partial charge in [0.25, 0.3) is 5.91 Å². The first kappa shape index (κ1) is 13.6. The lowest BCUT2D eigenvalue weighted by atomic mass is 10.1. The maximum atomic E-state index is 12.6. The van der Waals surface area contributed by atoms with Crippen molar-refractivity contribution in [1.82, 2.24) is 10.2 Å². The molecule has 2 heterocycles. The number of nitrogens with one attached hydrogen (secondary N) is 1. The van der Waals surface area contributed by atoms with E-state index in [9.17, 15) is 4.79 Å². The maximum absolute atomic E-state index is 12.6. The third kappa shape index (κ3) is 2.47. The highest BCUT2D eigenvalue weighted by Gasteiger charge is 2.23. The fraction of sp³-hybridized carbons (Fsp3) is 0.400. The summed E-state index contributed by atoms with van der Waals surface area (Å²) in [4.78, 5) is 14.5. The van der Waals surface area contributed by atoms with Gasteiger partial charge in [-0.3, -0.25) is 4.79 Å². The third-order valence-corrected chi connectivity index (χ3v) is 4.21. The molecule has 1 N–H and O–H groups in total. The number of nitrogens with zero attached hydrogens (tertiary/aromatic N) is 1. The lowest BCUT2D eigenvalue weighted by molar-refractivity contribution is 0.0736. The number of rotatable bonds is 1. The van der Waals surface area contributed by atoms with E-state index in [1.807, 2.05) is 30.0 Å². The van der Waals surface area contributed by atoms with Crippen LogP contribution >= 0.6 is 15.9 Å². The molecule has 2 aromatic rings. The van der Waals surface area contributed by atoms with Crippen molar-refractivity contribution in [1.29, 1.82) is 0 Å². The Labute approximate surface area is 126 Å². The summed E-state index contributed by atoms with van der Waals surface area (Å²) in [5.74, 6) is 0.471. The molecule has 0 saturated carbocycles. The normalized spacial score (nSPS) is 16.4. The zero-order valence-electron chi connectivity index (χ0n) is 11.4. The van der Waals surface area contributed by atoms with E-state index in [1.165, 1.54) is 0 Å². The van der Waals surface area contributed by atoms with Gasteiger partial charge < -0.3 is 14.6 Å². The average molecular weight is 337 g/mol. The molecule has 0 spiro atoms. The van der Waals surface area contributed by atoms with Crippen molar-refractivity contribution in [3.63, 3.8) is 0 Å². The number of amides is 1. The molecule has 4 nitrogen and oxygen atoms in total. The Kier molecular flexibility index (Phi) is 3.81. The van der Waals surface area contributed by atoms with Gasteiger partial charge in [-0.1, -0.05) is 15.9 Å². The highest BCUT2D eigenvalue weighted by molar-refractivity contribution is 9.10. The molecule has 1 aromatic heterocycles. The van der Waals surface area contributed by atoms with Gasteiger partial charge in [0.15, 0.2) is 5.76 Å². The van der Waals surface area contributed by atoms with E-state index in [1.54, 1.807) is 0 Å². The smallest absolute Gasteiger partial charge is 0.289 e. The van der Waals surface area contributed by atoms with Gasteiger partial charge in [0.05, 0.1) is 0 Å². The van der Waals surface area contributed by atoms with Crippen molar-refractivity contribution >= 4 is 32.8 Å². The summed E-state index contributed by atoms with van der Waals surface area (Å²) >= 11 is 3.45. The molecule has 0 unspecified atom stereocenters. The summed E-state index contributed by atoms with van der Waals surface area (Å²) in [6.45, 7) is 5.28. The van der Waals surface area contributed by atoms with Crippen LogP contribution in [0.1, 0.15) is 22.5 Å². The van der Waals surface area contributed by atoms with E-state index >= 15 is 0 Å². The molecular formula is C15H17BrN2O2. The monoisotopic (exact) mass is 336 g/mol. The molecule has 20 heavy (non-hydrogen) atoms. The SMILES string of the molecule is Cc1c(C(=O)N2CCCNCC2)oc2ccc(Br)cc12. The Morgan fingerprint density at radius 1 is 1.35 bits per heavy atom. The molecular weight excluding hydrogens is 320 g/mol. The first-order chi connectivity index (χ1) is 9.66. The third-order valence-electron chi connectivity index (χ3n) is 3.72. The van der Waals surface area contributed by atoms with Gasteiger partial charge in [0, 0.05) is 35.1 Å². The van der Waals surface area contributed by atoms with E-state index in [0.29, 0.717) is 5.76 Å². The second-order valence-corrected chi connectivity index (χ2v) is 6.01. The Balaban J connectivity index is 1.96. The number of hydrogen-bond acceptors (Lipinski definition) is 3. The quantitative estimate of drug-likeness (QED) is 0.870. The van der Waals surface area contributed by atoms with Gasteiger partial charge >= 0.3 is 0 Å². The second kappa shape index (κ2) is 5.58. The van der Waals surface area contributed by atoms with Crippen LogP contribution in [-0.4, -0.2) is 37.0 Å². The van der Waals surface area contributed by atoms with Gasteiger partial charge in [-0.2, -0.15) is 0 Å². The van der Waals surface area contributed by atoms with Crippen LogP contribution in [0.3, 0.4) is 0 Å². The number of halogens is 1. The molecule has 0 aliphatic carbocycles. The molecule has 0 bridgehead atoms. The Morgan fingerprint density at radius 3 is 3.05 bits per heavy atom. The number of hydrogen-bond donors (Lipinski definition) is 1. The van der Waals surface area contributed by atoms with Crippen LogP contribution in [0.4, 0.5) is 0 Å². The summed E-state index contributed by atoms with van der Waals surface area (Å²) in [6, 6.07) is 5.82. The molecule has 1 aromatic carbocycles. The zero-order valence-corrected chi connectivity index (χ0v) is 13.0. The van der Waals surface area contributed by atoms with Crippen LogP contribution in [0.15, 0.2) is 27.1 Å². The number of carbonyl (C=O) groups excluding carboxylic acids is 1. The van der Waals surface area contributed by atoms with E-state index in [0.717, 1.165) is 53.6 Å². The predicted molar refractivity (Wildman–Crippen MR) is 82.0 cm³/mol. The number of furan rings is 1. The summed E-state index contributed by atoms with van der Waals surface area (Å²) < 4.78 is 6.77. The van der Waals surface area contributed by atoms with Crippen molar-refractivity contribution in [2.24, 2.45) is 0 Å². The Hall–Kier alpha value is -1.33. The zero-order chi connectivity index (χ0) is 14.1. The van der Waals surface area contributed by atoms with Crippen molar-refractivity contribution in [2.75, 3.05) is 26.2 Å². The molecule has 0 radical (unpaired) electrons. The molecule has 1 fully saturated rings. The minimum Gasteiger partial charge on any atom is -0.451 e. The van der Waals surface area contributed by atoms with Crippen LogP contribution in [0, 0.1) is 6.92 Å². The molecule has 3 rings (SSSR count). The minimum atomic E-state index is -0.00137.